The lowest BCUT2D eigenvalue weighted by Gasteiger charge is -2.63. The van der Waals surface area contributed by atoms with Crippen LogP contribution in [0.4, 0.5) is 0 Å². The zero-order valence-corrected chi connectivity index (χ0v) is 18.1. The molecule has 4 aliphatic rings. The molecule has 5 nitrogen and oxygen atoms in total. The summed E-state index contributed by atoms with van der Waals surface area (Å²) in [5, 5.41) is 41.9. The van der Waals surface area contributed by atoms with Crippen molar-refractivity contribution in [2.24, 2.45) is 46.3 Å². The van der Waals surface area contributed by atoms with Crippen molar-refractivity contribution in [2.75, 3.05) is 6.61 Å². The lowest BCUT2D eigenvalue weighted by atomic mass is 9.43. The Balaban J connectivity index is 1.63. The molecule has 0 saturated heterocycles. The molecule has 0 spiro atoms. The molecule has 4 fully saturated rings. The highest BCUT2D eigenvalue weighted by Gasteiger charge is 2.65. The summed E-state index contributed by atoms with van der Waals surface area (Å²) in [6, 6.07) is 0. The normalized spacial score (nSPS) is 50.3. The maximum Gasteiger partial charge on any atom is 0.303 e. The maximum absolute atomic E-state index is 11.5. The van der Waals surface area contributed by atoms with Crippen molar-refractivity contribution in [2.45, 2.75) is 90.3 Å². The van der Waals surface area contributed by atoms with Gasteiger partial charge in [0.25, 0.3) is 0 Å². The van der Waals surface area contributed by atoms with Crippen molar-refractivity contribution in [1.82, 2.24) is 0 Å². The number of hydrogen-bond donors (Lipinski definition) is 4. The monoisotopic (exact) mass is 408 g/mol. The number of aliphatic hydroxyl groups is 3. The first-order valence-corrected chi connectivity index (χ1v) is 11.9. The number of aliphatic hydroxyl groups excluding tert-OH is 3. The Labute approximate surface area is 174 Å². The Bertz CT molecular complexity index is 622. The fourth-order valence-corrected chi connectivity index (χ4v) is 8.76. The Hall–Kier alpha value is -0.650. The van der Waals surface area contributed by atoms with Gasteiger partial charge in [0.2, 0.25) is 0 Å². The van der Waals surface area contributed by atoms with Crippen molar-refractivity contribution >= 4 is 5.97 Å². The molecule has 0 radical (unpaired) electrons. The first-order valence-electron chi connectivity index (χ1n) is 11.9. The van der Waals surface area contributed by atoms with E-state index in [-0.39, 0.29) is 53.6 Å². The Morgan fingerprint density at radius 2 is 1.83 bits per heavy atom. The summed E-state index contributed by atoms with van der Waals surface area (Å²) in [7, 11) is 0. The van der Waals surface area contributed by atoms with E-state index < -0.39 is 12.1 Å². The first-order chi connectivity index (χ1) is 13.7. The number of carboxylic acid groups (broad SMARTS) is 1. The molecule has 0 bridgehead atoms. The highest BCUT2D eigenvalue weighted by Crippen LogP contribution is 2.68. The van der Waals surface area contributed by atoms with Crippen molar-refractivity contribution in [3.05, 3.63) is 0 Å². The van der Waals surface area contributed by atoms with Gasteiger partial charge in [0, 0.05) is 13.0 Å². The van der Waals surface area contributed by atoms with Gasteiger partial charge < -0.3 is 20.4 Å². The number of carboxylic acids is 1. The van der Waals surface area contributed by atoms with E-state index in [9.17, 15) is 20.1 Å². The lowest BCUT2D eigenvalue weighted by Crippen LogP contribution is -2.62. The Kier molecular flexibility index (Phi) is 5.80. The molecule has 0 aromatic rings. The van der Waals surface area contributed by atoms with Crippen molar-refractivity contribution < 1.29 is 25.2 Å². The van der Waals surface area contributed by atoms with Gasteiger partial charge in [-0.2, -0.15) is 0 Å². The number of rotatable bonds is 5. The number of aliphatic carboxylic acids is 1. The Morgan fingerprint density at radius 1 is 1.07 bits per heavy atom. The molecular formula is C24H40O5. The molecule has 10 atom stereocenters. The van der Waals surface area contributed by atoms with Gasteiger partial charge in [-0.05, 0) is 91.3 Å². The molecule has 166 valence electrons. The van der Waals surface area contributed by atoms with Crippen LogP contribution in [0.5, 0.6) is 0 Å². The SMILES string of the molecule is C[C@]12CCCC[C@H]1C[C@@H](O)[C@@H]1[C@@H]2C[C@H](O)[C@]2(C)[C@@H]([C@H](CO)CCC(=O)O)CC[C@@H]12. The summed E-state index contributed by atoms with van der Waals surface area (Å²) in [5.41, 5.74) is -0.117. The second kappa shape index (κ2) is 7.80. The zero-order chi connectivity index (χ0) is 21.0. The van der Waals surface area contributed by atoms with Crippen LogP contribution in [-0.2, 0) is 4.79 Å². The van der Waals surface area contributed by atoms with Crippen LogP contribution >= 0.6 is 0 Å². The summed E-state index contributed by atoms with van der Waals surface area (Å²) in [5.74, 6) is 0.632. The standard InChI is InChI=1S/C24H40O5/c1-23-10-4-3-5-15(23)11-19(26)22-17-8-7-16(14(13-25)6-9-21(28)29)24(17,2)20(27)12-18(22)23/h14-20,22,25-27H,3-13H2,1-2H3,(H,28,29)/t14-,15-,16+,17-,18-,19+,20-,22-,23-,24+/m0/s1. The highest BCUT2D eigenvalue weighted by molar-refractivity contribution is 5.66. The van der Waals surface area contributed by atoms with E-state index in [2.05, 4.69) is 13.8 Å². The summed E-state index contributed by atoms with van der Waals surface area (Å²) in [6.45, 7) is 4.57. The third-order valence-corrected chi connectivity index (χ3v) is 10.3. The van der Waals surface area contributed by atoms with Crippen LogP contribution in [0.3, 0.4) is 0 Å². The third-order valence-electron chi connectivity index (χ3n) is 10.3. The predicted octanol–water partition coefficient (Wildman–Crippen LogP) is 3.45. The van der Waals surface area contributed by atoms with Crippen molar-refractivity contribution in [3.63, 3.8) is 0 Å². The second-order valence-electron chi connectivity index (χ2n) is 11.2. The number of fused-ring (bicyclic) bond motifs is 5. The fraction of sp³-hybridized carbons (Fsp3) is 0.958. The molecular weight excluding hydrogens is 368 g/mol. The smallest absolute Gasteiger partial charge is 0.303 e. The van der Waals surface area contributed by atoms with E-state index in [1.54, 1.807) is 0 Å². The summed E-state index contributed by atoms with van der Waals surface area (Å²) < 4.78 is 0. The fourth-order valence-electron chi connectivity index (χ4n) is 8.76. The van der Waals surface area contributed by atoms with Crippen LogP contribution in [0.15, 0.2) is 0 Å². The molecule has 0 aromatic heterocycles. The second-order valence-corrected chi connectivity index (χ2v) is 11.2. The highest BCUT2D eigenvalue weighted by atomic mass is 16.4. The molecule has 0 aromatic carbocycles. The number of hydrogen-bond acceptors (Lipinski definition) is 4. The minimum absolute atomic E-state index is 0.0244. The van der Waals surface area contributed by atoms with E-state index >= 15 is 0 Å². The van der Waals surface area contributed by atoms with Crippen LogP contribution in [0.1, 0.15) is 78.1 Å². The topological polar surface area (TPSA) is 98.0 Å². The van der Waals surface area contributed by atoms with Gasteiger partial charge in [0.15, 0.2) is 0 Å². The zero-order valence-electron chi connectivity index (χ0n) is 18.1. The van der Waals surface area contributed by atoms with E-state index in [0.717, 1.165) is 25.7 Å². The molecule has 4 saturated carbocycles. The molecule has 0 aliphatic heterocycles. The van der Waals surface area contributed by atoms with Crippen LogP contribution < -0.4 is 0 Å². The first kappa shape index (κ1) is 21.6. The van der Waals surface area contributed by atoms with E-state index in [0.29, 0.717) is 18.3 Å². The maximum atomic E-state index is 11.5. The summed E-state index contributed by atoms with van der Waals surface area (Å²) in [6.07, 6.45) is 8.26. The lowest BCUT2D eigenvalue weighted by molar-refractivity contribution is -0.202. The molecule has 4 rings (SSSR count). The molecule has 4 N–H and O–H groups in total. The predicted molar refractivity (Wildman–Crippen MR) is 110 cm³/mol. The number of carbonyl (C=O) groups is 1. The van der Waals surface area contributed by atoms with Crippen LogP contribution in [0.25, 0.3) is 0 Å². The largest absolute Gasteiger partial charge is 0.481 e. The van der Waals surface area contributed by atoms with Gasteiger partial charge >= 0.3 is 5.97 Å². The van der Waals surface area contributed by atoms with E-state index in [1.807, 2.05) is 0 Å². The molecule has 29 heavy (non-hydrogen) atoms. The van der Waals surface area contributed by atoms with Crippen LogP contribution in [0.2, 0.25) is 0 Å². The quantitative estimate of drug-likeness (QED) is 0.559. The van der Waals surface area contributed by atoms with Gasteiger partial charge in [-0.1, -0.05) is 26.7 Å². The molecule has 0 amide bonds. The van der Waals surface area contributed by atoms with Gasteiger partial charge in [-0.15, -0.1) is 0 Å². The average molecular weight is 409 g/mol. The van der Waals surface area contributed by atoms with Gasteiger partial charge in [-0.3, -0.25) is 4.79 Å². The molecule has 0 heterocycles. The van der Waals surface area contributed by atoms with Gasteiger partial charge in [0.1, 0.15) is 0 Å². The van der Waals surface area contributed by atoms with E-state index in [4.69, 9.17) is 5.11 Å². The Morgan fingerprint density at radius 3 is 2.52 bits per heavy atom. The minimum Gasteiger partial charge on any atom is -0.481 e. The minimum atomic E-state index is -0.827. The van der Waals surface area contributed by atoms with Gasteiger partial charge in [-0.25, -0.2) is 0 Å². The van der Waals surface area contributed by atoms with Crippen LogP contribution in [-0.4, -0.2) is 45.2 Å². The third kappa shape index (κ3) is 3.27. The average Bonchev–Trinajstić information content (AvgIpc) is 3.02. The summed E-state index contributed by atoms with van der Waals surface area (Å²) >= 11 is 0. The molecule has 0 unspecified atom stereocenters. The van der Waals surface area contributed by atoms with Crippen molar-refractivity contribution in [1.29, 1.82) is 0 Å². The summed E-state index contributed by atoms with van der Waals surface area (Å²) in [4.78, 5) is 11.1. The molecule has 5 heteroatoms. The van der Waals surface area contributed by atoms with Crippen LogP contribution in [0, 0.1) is 46.3 Å². The van der Waals surface area contributed by atoms with Gasteiger partial charge in [0.05, 0.1) is 12.2 Å². The molecule has 4 aliphatic carbocycles. The van der Waals surface area contributed by atoms with Crippen molar-refractivity contribution in [3.8, 4) is 0 Å². The van der Waals surface area contributed by atoms with E-state index in [1.165, 1.54) is 25.7 Å².